The maximum Gasteiger partial charge on any atom is 0.430 e. The van der Waals surface area contributed by atoms with Gasteiger partial charge in [-0.05, 0) is 18.1 Å². The highest BCUT2D eigenvalue weighted by Gasteiger charge is 2.50. The van der Waals surface area contributed by atoms with Gasteiger partial charge in [0.05, 0.1) is 18.2 Å². The average molecular weight is 464 g/mol. The van der Waals surface area contributed by atoms with Crippen LogP contribution in [-0.2, 0) is 4.79 Å². The number of ether oxygens (including phenoxy) is 2. The third-order valence-electron chi connectivity index (χ3n) is 5.70. The number of aliphatic hydroxyl groups excluding tert-OH is 2. The number of hydrogen-bond acceptors (Lipinski definition) is 8. The minimum absolute atomic E-state index is 0.00422. The van der Waals surface area contributed by atoms with Crippen molar-refractivity contribution < 1.29 is 58.0 Å². The van der Waals surface area contributed by atoms with Crippen LogP contribution in [-0.4, -0.2) is 71.0 Å². The predicted octanol–water partition coefficient (Wildman–Crippen LogP) is -1.92. The molecule has 0 saturated heterocycles. The van der Waals surface area contributed by atoms with Crippen LogP contribution in [0.2, 0.25) is 0 Å². The minimum Gasteiger partial charge on any atom is -0.542 e. The van der Waals surface area contributed by atoms with Gasteiger partial charge in [-0.15, -0.1) is 0 Å². The van der Waals surface area contributed by atoms with Gasteiger partial charge < -0.3 is 45.3 Å². The predicted molar refractivity (Wildman–Crippen MR) is 96.8 cm³/mol. The first kappa shape index (κ1) is 23.9. The Morgan fingerprint density at radius 1 is 1.31 bits per heavy atom. The lowest BCUT2D eigenvalue weighted by atomic mass is 9.71. The standard InChI is InChI=1S/C17H22N2O6.C2HF3O2/c1-2-3-18-9-4-8-7-5-10-16(25-6-24-10)14(21)11(7)17(23)19-12(8)15(22)13(9)20;3-2(4,5)1(6)7/h5,8-9,12-13,15,18,20-22H,2-4,6H2,1H3,(H,19,23);(H,6,7)/t8-,9?,12-,13-,15+;/m1./s1. The van der Waals surface area contributed by atoms with Gasteiger partial charge in [0, 0.05) is 12.3 Å². The van der Waals surface area contributed by atoms with Crippen LogP contribution >= 0.6 is 0 Å². The van der Waals surface area contributed by atoms with Gasteiger partial charge in [-0.1, -0.05) is 6.92 Å². The fraction of sp³-hybridized carbons (Fsp3) is 0.579. The molecule has 2 heterocycles. The van der Waals surface area contributed by atoms with Crippen molar-refractivity contribution in [3.05, 3.63) is 17.2 Å². The van der Waals surface area contributed by atoms with Gasteiger partial charge in [0.15, 0.2) is 11.5 Å². The highest BCUT2D eigenvalue weighted by atomic mass is 19.4. The molecule has 4 rings (SSSR count). The van der Waals surface area contributed by atoms with E-state index in [1.54, 1.807) is 6.07 Å². The second-order valence-corrected chi connectivity index (χ2v) is 7.72. The number of hydrogen-bond donors (Lipinski definition) is 5. The number of nitrogens with two attached hydrogens (primary N) is 1. The van der Waals surface area contributed by atoms with Crippen LogP contribution in [0.5, 0.6) is 17.2 Å². The summed E-state index contributed by atoms with van der Waals surface area (Å²) in [7, 11) is 0. The number of aliphatic hydroxyl groups is 2. The van der Waals surface area contributed by atoms with Gasteiger partial charge in [0.2, 0.25) is 12.5 Å². The Hall–Kier alpha value is -2.77. The van der Waals surface area contributed by atoms with Crippen molar-refractivity contribution >= 4 is 11.9 Å². The Bertz CT molecular complexity index is 894. The van der Waals surface area contributed by atoms with Gasteiger partial charge in [0.25, 0.3) is 5.91 Å². The Morgan fingerprint density at radius 2 is 1.97 bits per heavy atom. The van der Waals surface area contributed by atoms with E-state index < -0.39 is 36.3 Å². The summed E-state index contributed by atoms with van der Waals surface area (Å²) in [5.74, 6) is -3.35. The molecule has 5 atom stereocenters. The molecule has 3 aliphatic rings. The van der Waals surface area contributed by atoms with E-state index in [9.17, 15) is 33.3 Å². The average Bonchev–Trinajstić information content (AvgIpc) is 3.19. The summed E-state index contributed by atoms with van der Waals surface area (Å²) in [5, 5.41) is 45.0. The largest absolute Gasteiger partial charge is 0.542 e. The zero-order valence-corrected chi connectivity index (χ0v) is 16.9. The number of phenols is 1. The second-order valence-electron chi connectivity index (χ2n) is 7.72. The molecule has 178 valence electrons. The SMILES string of the molecule is CCC[NH2+]C1C[C@@H]2c3cc4c(c(O)c3C(=O)N[C@H]2[C@H](O)[C@@H]1O)OCO4.O=C([O-])C(F)(F)F. The van der Waals surface area contributed by atoms with Crippen molar-refractivity contribution in [2.24, 2.45) is 0 Å². The molecule has 1 fully saturated rings. The number of alkyl halides is 3. The highest BCUT2D eigenvalue weighted by molar-refractivity contribution is 6.01. The van der Waals surface area contributed by atoms with Crippen LogP contribution in [0.25, 0.3) is 0 Å². The lowest BCUT2D eigenvalue weighted by molar-refractivity contribution is -0.700. The van der Waals surface area contributed by atoms with Crippen molar-refractivity contribution in [3.8, 4) is 17.2 Å². The molecule has 1 aromatic carbocycles. The van der Waals surface area contributed by atoms with E-state index in [-0.39, 0.29) is 35.8 Å². The Labute approximate surface area is 179 Å². The number of rotatable bonds is 3. The first-order valence-corrected chi connectivity index (χ1v) is 9.91. The Kier molecular flexibility index (Phi) is 6.72. The van der Waals surface area contributed by atoms with Crippen LogP contribution in [0, 0.1) is 0 Å². The maximum atomic E-state index is 12.5. The first-order chi connectivity index (χ1) is 15.0. The van der Waals surface area contributed by atoms with Crippen molar-refractivity contribution in [2.45, 2.75) is 56.2 Å². The van der Waals surface area contributed by atoms with Crippen molar-refractivity contribution in [2.75, 3.05) is 13.3 Å². The van der Waals surface area contributed by atoms with Crippen LogP contribution < -0.4 is 25.2 Å². The lowest BCUT2D eigenvalue weighted by Crippen LogP contribution is -2.94. The number of aliphatic carboxylic acids is 1. The molecular weight excluding hydrogens is 441 g/mol. The summed E-state index contributed by atoms with van der Waals surface area (Å²) in [6.45, 7) is 2.90. The van der Waals surface area contributed by atoms with Gasteiger partial charge in [-0.3, -0.25) is 4.79 Å². The summed E-state index contributed by atoms with van der Waals surface area (Å²) < 4.78 is 42.2. The zero-order valence-electron chi connectivity index (χ0n) is 16.9. The van der Waals surface area contributed by atoms with Gasteiger partial charge in [0.1, 0.15) is 24.2 Å². The molecule has 1 amide bonds. The number of carboxylic acid groups (broad SMARTS) is 1. The minimum atomic E-state index is -5.19. The van der Waals surface area contributed by atoms with E-state index in [2.05, 4.69) is 12.2 Å². The van der Waals surface area contributed by atoms with Gasteiger partial charge in [-0.2, -0.15) is 13.2 Å². The number of halogens is 3. The monoisotopic (exact) mass is 464 g/mol. The molecule has 1 saturated carbocycles. The number of quaternary nitrogens is 1. The van der Waals surface area contributed by atoms with Gasteiger partial charge >= 0.3 is 6.18 Å². The van der Waals surface area contributed by atoms with E-state index in [4.69, 9.17) is 19.4 Å². The van der Waals surface area contributed by atoms with Gasteiger partial charge in [-0.25, -0.2) is 0 Å². The third-order valence-corrected chi connectivity index (χ3v) is 5.70. The molecule has 0 spiro atoms. The number of fused-ring (bicyclic) bond motifs is 4. The van der Waals surface area contributed by atoms with Crippen molar-refractivity contribution in [1.82, 2.24) is 5.32 Å². The zero-order chi connectivity index (χ0) is 23.8. The summed E-state index contributed by atoms with van der Waals surface area (Å²) in [6, 6.07) is 0.947. The molecule has 2 aliphatic heterocycles. The van der Waals surface area contributed by atoms with E-state index in [0.717, 1.165) is 13.0 Å². The number of phenolic OH excluding ortho intramolecular Hbond substituents is 1. The number of aromatic hydroxyl groups is 1. The molecule has 0 aromatic heterocycles. The fourth-order valence-electron chi connectivity index (χ4n) is 4.20. The Balaban J connectivity index is 0.000000360. The van der Waals surface area contributed by atoms with Crippen molar-refractivity contribution in [1.29, 1.82) is 0 Å². The van der Waals surface area contributed by atoms with Crippen LogP contribution in [0.4, 0.5) is 13.2 Å². The van der Waals surface area contributed by atoms with E-state index in [1.807, 2.05) is 5.32 Å². The fourth-order valence-corrected chi connectivity index (χ4v) is 4.20. The van der Waals surface area contributed by atoms with Crippen molar-refractivity contribution in [3.63, 3.8) is 0 Å². The highest BCUT2D eigenvalue weighted by Crippen LogP contribution is 2.49. The molecule has 1 aliphatic carbocycles. The molecule has 0 bridgehead atoms. The summed E-state index contributed by atoms with van der Waals surface area (Å²) in [5.41, 5.74) is 0.805. The number of carboxylic acids is 1. The van der Waals surface area contributed by atoms with Crippen LogP contribution in [0.3, 0.4) is 0 Å². The number of amides is 1. The third kappa shape index (κ3) is 4.40. The normalized spacial score (nSPS) is 28.1. The number of nitrogens with one attached hydrogen (secondary N) is 1. The number of benzene rings is 1. The lowest BCUT2D eigenvalue weighted by Gasteiger charge is -2.44. The molecule has 32 heavy (non-hydrogen) atoms. The van der Waals surface area contributed by atoms with Crippen LogP contribution in [0.15, 0.2) is 6.07 Å². The summed E-state index contributed by atoms with van der Waals surface area (Å²) in [6.07, 6.45) is -5.64. The second kappa shape index (κ2) is 9.00. The molecule has 6 N–H and O–H groups in total. The smallest absolute Gasteiger partial charge is 0.430 e. The molecule has 10 nitrogen and oxygen atoms in total. The number of carbonyl (C=O) groups excluding carboxylic acids is 2. The molecule has 1 unspecified atom stereocenters. The molecular formula is C19H23F3N2O8. The first-order valence-electron chi connectivity index (χ1n) is 9.91. The molecule has 13 heteroatoms. The Morgan fingerprint density at radius 3 is 2.56 bits per heavy atom. The number of carbonyl (C=O) groups is 2. The summed E-state index contributed by atoms with van der Waals surface area (Å²) in [4.78, 5) is 21.3. The molecule has 1 aromatic rings. The topological polar surface area (TPSA) is 165 Å². The van der Waals surface area contributed by atoms with E-state index in [0.29, 0.717) is 17.7 Å². The molecule has 0 radical (unpaired) electrons. The van der Waals surface area contributed by atoms with Crippen LogP contribution in [0.1, 0.15) is 41.6 Å². The van der Waals surface area contributed by atoms with E-state index >= 15 is 0 Å². The van der Waals surface area contributed by atoms with E-state index in [1.165, 1.54) is 0 Å². The summed E-state index contributed by atoms with van der Waals surface area (Å²) >= 11 is 0. The quantitative estimate of drug-likeness (QED) is 0.346. The maximum absolute atomic E-state index is 12.5.